The van der Waals surface area contributed by atoms with Crippen LogP contribution in [0.15, 0.2) is 29.3 Å². The second-order valence-electron chi connectivity index (χ2n) is 3.64. The summed E-state index contributed by atoms with van der Waals surface area (Å²) < 4.78 is 14.6. The van der Waals surface area contributed by atoms with Crippen LogP contribution in [0.2, 0.25) is 5.15 Å². The van der Waals surface area contributed by atoms with E-state index < -0.39 is 6.17 Å². The lowest BCUT2D eigenvalue weighted by Crippen LogP contribution is -2.13. The Balaban J connectivity index is 2.70. The molecule has 0 saturated heterocycles. The maximum absolute atomic E-state index is 13.0. The second kappa shape index (κ2) is 4.22. The van der Waals surface area contributed by atoms with Gasteiger partial charge >= 0.3 is 0 Å². The molecular formula is C11H10ClFN2O. The SMILES string of the molecule is CC(F)Cn1ccc(=O)c2cnc(Cl)cc21. The largest absolute Gasteiger partial charge is 0.344 e. The summed E-state index contributed by atoms with van der Waals surface area (Å²) in [5.74, 6) is 0. The third kappa shape index (κ3) is 2.07. The van der Waals surface area contributed by atoms with Gasteiger partial charge in [-0.05, 0) is 13.0 Å². The molecule has 0 aliphatic heterocycles. The molecule has 0 radical (unpaired) electrons. The monoisotopic (exact) mass is 240 g/mol. The van der Waals surface area contributed by atoms with E-state index in [0.29, 0.717) is 16.1 Å². The van der Waals surface area contributed by atoms with E-state index in [9.17, 15) is 9.18 Å². The van der Waals surface area contributed by atoms with Gasteiger partial charge in [0.05, 0.1) is 17.4 Å². The lowest BCUT2D eigenvalue weighted by Gasteiger charge is -2.10. The number of pyridine rings is 2. The van der Waals surface area contributed by atoms with Gasteiger partial charge in [0.2, 0.25) is 0 Å². The topological polar surface area (TPSA) is 34.9 Å². The van der Waals surface area contributed by atoms with Gasteiger partial charge in [0.15, 0.2) is 5.43 Å². The first-order chi connectivity index (χ1) is 7.58. The van der Waals surface area contributed by atoms with Crippen LogP contribution in [0.25, 0.3) is 10.9 Å². The fourth-order valence-electron chi connectivity index (χ4n) is 1.61. The molecule has 2 rings (SSSR count). The summed E-state index contributed by atoms with van der Waals surface area (Å²) in [5, 5.41) is 0.742. The van der Waals surface area contributed by atoms with Gasteiger partial charge in [-0.3, -0.25) is 4.79 Å². The standard InChI is InChI=1S/C11H10ClFN2O/c1-7(13)6-15-3-2-10(16)8-5-14-11(12)4-9(8)15/h2-5,7H,6H2,1H3. The first-order valence-corrected chi connectivity index (χ1v) is 5.24. The van der Waals surface area contributed by atoms with Gasteiger partial charge in [-0.1, -0.05) is 11.6 Å². The minimum Gasteiger partial charge on any atom is -0.344 e. The number of fused-ring (bicyclic) bond motifs is 1. The third-order valence-corrected chi connectivity index (χ3v) is 2.48. The molecule has 0 spiro atoms. The molecule has 0 aromatic carbocycles. The maximum Gasteiger partial charge on any atom is 0.190 e. The number of rotatable bonds is 2. The average molecular weight is 241 g/mol. The van der Waals surface area contributed by atoms with Crippen molar-refractivity contribution in [2.45, 2.75) is 19.6 Å². The molecule has 1 atom stereocenters. The predicted octanol–water partition coefficient (Wildman–Crippen LogP) is 2.41. The second-order valence-corrected chi connectivity index (χ2v) is 4.02. The quantitative estimate of drug-likeness (QED) is 0.756. The third-order valence-electron chi connectivity index (χ3n) is 2.28. The number of halogens is 2. The molecule has 0 N–H and O–H groups in total. The van der Waals surface area contributed by atoms with E-state index in [1.807, 2.05) is 0 Å². The van der Waals surface area contributed by atoms with E-state index >= 15 is 0 Å². The highest BCUT2D eigenvalue weighted by Gasteiger charge is 2.06. The highest BCUT2D eigenvalue weighted by atomic mass is 35.5. The van der Waals surface area contributed by atoms with E-state index in [4.69, 9.17) is 11.6 Å². The van der Waals surface area contributed by atoms with E-state index in [-0.39, 0.29) is 12.0 Å². The molecule has 2 aromatic heterocycles. The highest BCUT2D eigenvalue weighted by molar-refractivity contribution is 6.29. The van der Waals surface area contributed by atoms with Gasteiger partial charge in [-0.2, -0.15) is 0 Å². The Morgan fingerprint density at radius 3 is 3.06 bits per heavy atom. The molecule has 2 aromatic rings. The molecule has 0 fully saturated rings. The zero-order chi connectivity index (χ0) is 11.7. The van der Waals surface area contributed by atoms with Crippen molar-refractivity contribution >= 4 is 22.5 Å². The highest BCUT2D eigenvalue weighted by Crippen LogP contribution is 2.14. The van der Waals surface area contributed by atoms with Crippen molar-refractivity contribution in [1.29, 1.82) is 0 Å². The summed E-state index contributed by atoms with van der Waals surface area (Å²) in [6.45, 7) is 1.66. The molecular weight excluding hydrogens is 231 g/mol. The predicted molar refractivity (Wildman–Crippen MR) is 61.6 cm³/mol. The molecule has 16 heavy (non-hydrogen) atoms. The molecule has 0 saturated carbocycles. The number of hydrogen-bond donors (Lipinski definition) is 0. The summed E-state index contributed by atoms with van der Waals surface area (Å²) in [7, 11) is 0. The Labute approximate surface area is 96.5 Å². The van der Waals surface area contributed by atoms with Crippen LogP contribution in [0.3, 0.4) is 0 Å². The van der Waals surface area contributed by atoms with E-state index in [2.05, 4.69) is 4.98 Å². The van der Waals surface area contributed by atoms with Crippen LogP contribution in [0.4, 0.5) is 4.39 Å². The van der Waals surface area contributed by atoms with Crippen molar-refractivity contribution in [1.82, 2.24) is 9.55 Å². The van der Waals surface area contributed by atoms with Crippen LogP contribution in [0, 0.1) is 0 Å². The summed E-state index contributed by atoms with van der Waals surface area (Å²) in [5.41, 5.74) is 0.471. The Kier molecular flexibility index (Phi) is 2.92. The molecule has 84 valence electrons. The van der Waals surface area contributed by atoms with Gasteiger partial charge in [0, 0.05) is 18.5 Å². The molecule has 0 aliphatic carbocycles. The zero-order valence-corrected chi connectivity index (χ0v) is 9.41. The van der Waals surface area contributed by atoms with Crippen LogP contribution in [0.1, 0.15) is 6.92 Å². The minimum absolute atomic E-state index is 0.137. The van der Waals surface area contributed by atoms with Crippen molar-refractivity contribution in [3.05, 3.63) is 39.9 Å². The van der Waals surface area contributed by atoms with Crippen LogP contribution >= 0.6 is 11.6 Å². The Morgan fingerprint density at radius 2 is 2.38 bits per heavy atom. The molecule has 0 aliphatic rings. The number of alkyl halides is 1. The Morgan fingerprint density at radius 1 is 1.62 bits per heavy atom. The first-order valence-electron chi connectivity index (χ1n) is 4.86. The molecule has 1 unspecified atom stereocenters. The fraction of sp³-hybridized carbons (Fsp3) is 0.273. The lowest BCUT2D eigenvalue weighted by molar-refractivity contribution is 0.323. The Bertz CT molecular complexity index is 580. The number of nitrogens with zero attached hydrogens (tertiary/aromatic N) is 2. The number of hydrogen-bond acceptors (Lipinski definition) is 2. The number of aromatic nitrogens is 2. The minimum atomic E-state index is -0.988. The molecule has 2 heterocycles. The van der Waals surface area contributed by atoms with E-state index in [1.54, 1.807) is 16.8 Å². The fourth-order valence-corrected chi connectivity index (χ4v) is 1.76. The smallest absolute Gasteiger partial charge is 0.190 e. The van der Waals surface area contributed by atoms with Crippen LogP contribution in [-0.4, -0.2) is 15.7 Å². The molecule has 5 heteroatoms. The van der Waals surface area contributed by atoms with Crippen molar-refractivity contribution < 1.29 is 4.39 Å². The molecule has 0 amide bonds. The lowest BCUT2D eigenvalue weighted by atomic mass is 10.2. The summed E-state index contributed by atoms with van der Waals surface area (Å²) in [6, 6.07) is 2.97. The van der Waals surface area contributed by atoms with Crippen LogP contribution < -0.4 is 5.43 Å². The zero-order valence-electron chi connectivity index (χ0n) is 8.65. The van der Waals surface area contributed by atoms with Gasteiger partial charge in [0.25, 0.3) is 0 Å². The molecule has 3 nitrogen and oxygen atoms in total. The summed E-state index contributed by atoms with van der Waals surface area (Å²) in [4.78, 5) is 15.4. The van der Waals surface area contributed by atoms with E-state index in [0.717, 1.165) is 0 Å². The summed E-state index contributed by atoms with van der Waals surface area (Å²) >= 11 is 5.76. The van der Waals surface area contributed by atoms with Crippen molar-refractivity contribution in [3.8, 4) is 0 Å². The molecule has 0 bridgehead atoms. The average Bonchev–Trinajstić information content (AvgIpc) is 2.22. The van der Waals surface area contributed by atoms with Gasteiger partial charge in [-0.25, -0.2) is 9.37 Å². The van der Waals surface area contributed by atoms with Gasteiger partial charge in [-0.15, -0.1) is 0 Å². The van der Waals surface area contributed by atoms with Crippen LogP contribution in [0.5, 0.6) is 0 Å². The Hall–Kier alpha value is -1.42. The van der Waals surface area contributed by atoms with Gasteiger partial charge < -0.3 is 4.57 Å². The van der Waals surface area contributed by atoms with Crippen molar-refractivity contribution in [2.75, 3.05) is 0 Å². The maximum atomic E-state index is 13.0. The normalized spacial score (nSPS) is 12.9. The van der Waals surface area contributed by atoms with Crippen molar-refractivity contribution in [3.63, 3.8) is 0 Å². The summed E-state index contributed by atoms with van der Waals surface area (Å²) in [6.07, 6.45) is 1.99. The van der Waals surface area contributed by atoms with Crippen molar-refractivity contribution in [2.24, 2.45) is 0 Å². The van der Waals surface area contributed by atoms with Gasteiger partial charge in [0.1, 0.15) is 11.3 Å². The van der Waals surface area contributed by atoms with E-state index in [1.165, 1.54) is 19.2 Å². The van der Waals surface area contributed by atoms with Crippen LogP contribution in [-0.2, 0) is 6.54 Å². The first kappa shape index (κ1) is 11.1.